The number of nitrogens with one attached hydrogen (secondary N) is 1. The lowest BCUT2D eigenvalue weighted by atomic mass is 10.2. The maximum Gasteiger partial charge on any atom is 0.188 e. The molecule has 5 nitrogen and oxygen atoms in total. The zero-order valence-corrected chi connectivity index (χ0v) is 14.5. The van der Waals surface area contributed by atoms with Crippen LogP contribution in [0.2, 0.25) is 0 Å². The maximum atomic E-state index is 5.81. The summed E-state index contributed by atoms with van der Waals surface area (Å²) >= 11 is 0. The van der Waals surface area contributed by atoms with Crippen molar-refractivity contribution in [2.75, 3.05) is 26.8 Å². The van der Waals surface area contributed by atoms with Gasteiger partial charge >= 0.3 is 0 Å². The topological polar surface area (TPSA) is 68.9 Å². The van der Waals surface area contributed by atoms with Gasteiger partial charge in [0.05, 0.1) is 13.7 Å². The molecule has 0 aliphatic carbocycles. The molecule has 0 atom stereocenters. The number of hydrogen-bond acceptors (Lipinski definition) is 3. The highest BCUT2D eigenvalue weighted by molar-refractivity contribution is 5.77. The highest BCUT2D eigenvalue weighted by Crippen LogP contribution is 2.11. The monoisotopic (exact) mass is 321 g/mol. The SMILES string of the molecule is CCCCCCNC(N)=NCCCOCc1ccc(OC)cc1. The van der Waals surface area contributed by atoms with E-state index in [2.05, 4.69) is 17.2 Å². The number of aliphatic imine (C=N–C) groups is 1. The Morgan fingerprint density at radius 3 is 2.61 bits per heavy atom. The molecule has 23 heavy (non-hydrogen) atoms. The first-order valence-electron chi connectivity index (χ1n) is 8.50. The van der Waals surface area contributed by atoms with E-state index in [1.54, 1.807) is 7.11 Å². The van der Waals surface area contributed by atoms with Crippen molar-refractivity contribution in [3.05, 3.63) is 29.8 Å². The van der Waals surface area contributed by atoms with E-state index in [0.29, 0.717) is 25.7 Å². The molecule has 0 saturated heterocycles. The van der Waals surface area contributed by atoms with E-state index in [1.165, 1.54) is 19.3 Å². The van der Waals surface area contributed by atoms with Crippen LogP contribution in [0.5, 0.6) is 5.75 Å². The smallest absolute Gasteiger partial charge is 0.188 e. The van der Waals surface area contributed by atoms with Gasteiger partial charge in [0.15, 0.2) is 5.96 Å². The molecule has 0 aliphatic rings. The number of methoxy groups -OCH3 is 1. The van der Waals surface area contributed by atoms with Gasteiger partial charge in [0.2, 0.25) is 0 Å². The lowest BCUT2D eigenvalue weighted by Gasteiger charge is -2.06. The Bertz CT molecular complexity index is 432. The molecule has 3 N–H and O–H groups in total. The quantitative estimate of drug-likeness (QED) is 0.353. The minimum atomic E-state index is 0.539. The van der Waals surface area contributed by atoms with E-state index >= 15 is 0 Å². The number of rotatable bonds is 12. The highest BCUT2D eigenvalue weighted by Gasteiger charge is 1.96. The van der Waals surface area contributed by atoms with E-state index in [4.69, 9.17) is 15.2 Å². The molecule has 130 valence electrons. The van der Waals surface area contributed by atoms with Gasteiger partial charge in [0, 0.05) is 19.7 Å². The summed E-state index contributed by atoms with van der Waals surface area (Å²) in [6, 6.07) is 7.90. The van der Waals surface area contributed by atoms with Crippen LogP contribution >= 0.6 is 0 Å². The van der Waals surface area contributed by atoms with Crippen molar-refractivity contribution in [1.82, 2.24) is 5.32 Å². The molecule has 0 bridgehead atoms. The van der Waals surface area contributed by atoms with Crippen molar-refractivity contribution in [1.29, 1.82) is 0 Å². The van der Waals surface area contributed by atoms with Crippen LogP contribution in [-0.4, -0.2) is 32.8 Å². The zero-order valence-electron chi connectivity index (χ0n) is 14.5. The lowest BCUT2D eigenvalue weighted by Crippen LogP contribution is -2.32. The summed E-state index contributed by atoms with van der Waals surface area (Å²) in [5, 5.41) is 3.14. The van der Waals surface area contributed by atoms with Gasteiger partial charge < -0.3 is 20.5 Å². The van der Waals surface area contributed by atoms with Crippen molar-refractivity contribution in [3.8, 4) is 5.75 Å². The van der Waals surface area contributed by atoms with E-state index in [9.17, 15) is 0 Å². The van der Waals surface area contributed by atoms with Crippen molar-refractivity contribution in [2.24, 2.45) is 10.7 Å². The molecule has 0 amide bonds. The average molecular weight is 321 g/mol. The van der Waals surface area contributed by atoms with Crippen molar-refractivity contribution < 1.29 is 9.47 Å². The molecule has 1 aromatic rings. The first kappa shape index (κ1) is 19.3. The molecule has 0 radical (unpaired) electrons. The predicted octanol–water partition coefficient (Wildman–Crippen LogP) is 3.09. The summed E-state index contributed by atoms with van der Waals surface area (Å²) in [5.41, 5.74) is 6.95. The van der Waals surface area contributed by atoms with E-state index in [1.807, 2.05) is 24.3 Å². The van der Waals surface area contributed by atoms with Crippen LogP contribution in [0.3, 0.4) is 0 Å². The molecule has 1 aromatic carbocycles. The lowest BCUT2D eigenvalue weighted by molar-refractivity contribution is 0.120. The number of guanidine groups is 1. The van der Waals surface area contributed by atoms with Gasteiger partial charge in [-0.3, -0.25) is 4.99 Å². The second kappa shape index (κ2) is 12.8. The van der Waals surface area contributed by atoms with E-state index in [0.717, 1.165) is 30.7 Å². The summed E-state index contributed by atoms with van der Waals surface area (Å²) in [5.74, 6) is 1.40. The Kier molecular flexibility index (Phi) is 10.7. The molecule has 0 aromatic heterocycles. The van der Waals surface area contributed by atoms with Gasteiger partial charge in [-0.05, 0) is 30.5 Å². The number of ether oxygens (including phenoxy) is 2. The van der Waals surface area contributed by atoms with Crippen LogP contribution in [-0.2, 0) is 11.3 Å². The molecule has 0 heterocycles. The third-order valence-corrected chi connectivity index (χ3v) is 3.49. The third-order valence-electron chi connectivity index (χ3n) is 3.49. The van der Waals surface area contributed by atoms with E-state index in [-0.39, 0.29) is 0 Å². The molecule has 0 unspecified atom stereocenters. The number of benzene rings is 1. The molecule has 0 fully saturated rings. The fourth-order valence-electron chi connectivity index (χ4n) is 2.10. The highest BCUT2D eigenvalue weighted by atomic mass is 16.5. The molecular formula is C18H31N3O2. The van der Waals surface area contributed by atoms with Gasteiger partial charge in [-0.15, -0.1) is 0 Å². The number of hydrogen-bond donors (Lipinski definition) is 2. The molecule has 0 saturated carbocycles. The normalized spacial score (nSPS) is 11.5. The van der Waals surface area contributed by atoms with Crippen molar-refractivity contribution in [2.45, 2.75) is 45.6 Å². The number of nitrogens with two attached hydrogens (primary N) is 1. The molecule has 5 heteroatoms. The Morgan fingerprint density at radius 2 is 1.91 bits per heavy atom. The van der Waals surface area contributed by atoms with Gasteiger partial charge in [-0.25, -0.2) is 0 Å². The minimum absolute atomic E-state index is 0.539. The summed E-state index contributed by atoms with van der Waals surface area (Å²) in [6.45, 7) is 5.10. The second-order valence-corrected chi connectivity index (χ2v) is 5.51. The van der Waals surface area contributed by atoms with Crippen LogP contribution < -0.4 is 15.8 Å². The summed E-state index contributed by atoms with van der Waals surface area (Å²) in [4.78, 5) is 4.30. The number of unbranched alkanes of at least 4 members (excludes halogenated alkanes) is 3. The van der Waals surface area contributed by atoms with Crippen LogP contribution in [0.1, 0.15) is 44.6 Å². The van der Waals surface area contributed by atoms with Crippen LogP contribution in [0, 0.1) is 0 Å². The van der Waals surface area contributed by atoms with Crippen molar-refractivity contribution in [3.63, 3.8) is 0 Å². The first-order chi connectivity index (χ1) is 11.3. The van der Waals surface area contributed by atoms with Gasteiger partial charge in [-0.2, -0.15) is 0 Å². The van der Waals surface area contributed by atoms with Crippen molar-refractivity contribution >= 4 is 5.96 Å². The molecule has 0 spiro atoms. The molecular weight excluding hydrogens is 290 g/mol. The Labute approximate surface area is 140 Å². The van der Waals surface area contributed by atoms with Crippen LogP contribution in [0.15, 0.2) is 29.3 Å². The largest absolute Gasteiger partial charge is 0.497 e. The van der Waals surface area contributed by atoms with Gasteiger partial charge in [0.25, 0.3) is 0 Å². The first-order valence-corrected chi connectivity index (χ1v) is 8.50. The van der Waals surface area contributed by atoms with Crippen LogP contribution in [0.4, 0.5) is 0 Å². The second-order valence-electron chi connectivity index (χ2n) is 5.51. The maximum absolute atomic E-state index is 5.81. The van der Waals surface area contributed by atoms with E-state index < -0.39 is 0 Å². The fourth-order valence-corrected chi connectivity index (χ4v) is 2.10. The Balaban J connectivity index is 2.02. The number of nitrogens with zero attached hydrogens (tertiary/aromatic N) is 1. The predicted molar refractivity (Wildman–Crippen MR) is 95.9 cm³/mol. The van der Waals surface area contributed by atoms with Gasteiger partial charge in [-0.1, -0.05) is 38.3 Å². The Hall–Kier alpha value is -1.75. The Morgan fingerprint density at radius 1 is 1.13 bits per heavy atom. The summed E-state index contributed by atoms with van der Waals surface area (Å²) < 4.78 is 10.8. The molecule has 1 rings (SSSR count). The summed E-state index contributed by atoms with van der Waals surface area (Å²) in [7, 11) is 1.66. The molecule has 0 aliphatic heterocycles. The standard InChI is InChI=1S/C18H31N3O2/c1-3-4-5-6-12-20-18(19)21-13-7-14-23-15-16-8-10-17(22-2)11-9-16/h8-11H,3-7,12-15H2,1-2H3,(H3,19,20,21). The third kappa shape index (κ3) is 9.79. The minimum Gasteiger partial charge on any atom is -0.497 e. The average Bonchev–Trinajstić information content (AvgIpc) is 2.58. The fraction of sp³-hybridized carbons (Fsp3) is 0.611. The summed E-state index contributed by atoms with van der Waals surface area (Å²) in [6.07, 6.45) is 5.80. The van der Waals surface area contributed by atoms with Gasteiger partial charge in [0.1, 0.15) is 5.75 Å². The zero-order chi connectivity index (χ0) is 16.8. The van der Waals surface area contributed by atoms with Crippen LogP contribution in [0.25, 0.3) is 0 Å².